The van der Waals surface area contributed by atoms with Crippen LogP contribution in [0.15, 0.2) is 38.1 Å². The Hall–Kier alpha value is -0.330. The van der Waals surface area contributed by atoms with Crippen molar-refractivity contribution in [2.75, 3.05) is 0 Å². The molecule has 0 unspecified atom stereocenters. The van der Waals surface area contributed by atoms with Crippen molar-refractivity contribution in [3.63, 3.8) is 0 Å². The predicted octanol–water partition coefficient (Wildman–Crippen LogP) is 3.79. The molecule has 0 aliphatic carbocycles. The molecule has 3 nitrogen and oxygen atoms in total. The van der Waals surface area contributed by atoms with Gasteiger partial charge in [0, 0.05) is 12.4 Å². The standard InChI is InChI=1S/C9H5Br3N2O/c10-5-6(11)8(12)13-7(5)9(15)14-3-1-2-4-14/h1-4,13H. The summed E-state index contributed by atoms with van der Waals surface area (Å²) in [5.41, 5.74) is 0.505. The molecular formula is C9H5Br3N2O. The molecule has 0 bridgehead atoms. The molecule has 0 aliphatic heterocycles. The Balaban J connectivity index is 2.47. The van der Waals surface area contributed by atoms with Gasteiger partial charge in [0.1, 0.15) is 5.69 Å². The molecule has 0 saturated heterocycles. The van der Waals surface area contributed by atoms with E-state index in [0.717, 1.165) is 9.08 Å². The van der Waals surface area contributed by atoms with E-state index >= 15 is 0 Å². The first-order valence-corrected chi connectivity index (χ1v) is 6.39. The molecule has 6 heteroatoms. The van der Waals surface area contributed by atoms with Crippen LogP contribution in [0.2, 0.25) is 0 Å². The summed E-state index contributed by atoms with van der Waals surface area (Å²) in [4.78, 5) is 14.9. The predicted molar refractivity (Wildman–Crippen MR) is 68.1 cm³/mol. The third-order valence-electron chi connectivity index (χ3n) is 1.89. The zero-order chi connectivity index (χ0) is 11.0. The summed E-state index contributed by atoms with van der Waals surface area (Å²) in [6, 6.07) is 3.61. The number of hydrogen-bond donors (Lipinski definition) is 1. The van der Waals surface area contributed by atoms with Crippen molar-refractivity contribution in [3.05, 3.63) is 43.8 Å². The number of nitrogens with one attached hydrogen (secondary N) is 1. The normalized spacial score (nSPS) is 10.6. The Kier molecular flexibility index (Phi) is 3.18. The minimum Gasteiger partial charge on any atom is -0.343 e. The molecule has 15 heavy (non-hydrogen) atoms. The van der Waals surface area contributed by atoms with Crippen molar-refractivity contribution in [3.8, 4) is 0 Å². The number of rotatable bonds is 1. The van der Waals surface area contributed by atoms with Crippen molar-refractivity contribution in [1.82, 2.24) is 9.55 Å². The summed E-state index contributed by atoms with van der Waals surface area (Å²) < 4.78 is 3.77. The summed E-state index contributed by atoms with van der Waals surface area (Å²) >= 11 is 9.99. The highest BCUT2D eigenvalue weighted by molar-refractivity contribution is 9.14. The Morgan fingerprint density at radius 3 is 2.20 bits per heavy atom. The molecule has 0 aliphatic rings. The summed E-state index contributed by atoms with van der Waals surface area (Å²) in [6.45, 7) is 0. The average Bonchev–Trinajstić information content (AvgIpc) is 2.82. The van der Waals surface area contributed by atoms with Crippen molar-refractivity contribution in [2.45, 2.75) is 0 Å². The van der Waals surface area contributed by atoms with E-state index in [2.05, 4.69) is 52.8 Å². The molecule has 0 spiro atoms. The lowest BCUT2D eigenvalue weighted by Gasteiger charge is -1.99. The number of carbonyl (C=O) groups excluding carboxylic acids is 1. The Morgan fingerprint density at radius 2 is 1.73 bits per heavy atom. The van der Waals surface area contributed by atoms with Crippen LogP contribution >= 0.6 is 47.8 Å². The Morgan fingerprint density at radius 1 is 1.13 bits per heavy atom. The van der Waals surface area contributed by atoms with Gasteiger partial charge in [-0.2, -0.15) is 0 Å². The summed E-state index contributed by atoms with van der Waals surface area (Å²) in [7, 11) is 0. The van der Waals surface area contributed by atoms with Crippen molar-refractivity contribution in [1.29, 1.82) is 0 Å². The van der Waals surface area contributed by atoms with E-state index in [1.807, 2.05) is 0 Å². The van der Waals surface area contributed by atoms with E-state index in [0.29, 0.717) is 10.2 Å². The van der Waals surface area contributed by atoms with Crippen LogP contribution in [0.25, 0.3) is 0 Å². The molecule has 0 radical (unpaired) electrons. The number of H-pyrrole nitrogens is 1. The third-order valence-corrected chi connectivity index (χ3v) is 5.14. The van der Waals surface area contributed by atoms with Gasteiger partial charge >= 0.3 is 0 Å². The molecule has 0 aromatic carbocycles. The lowest BCUT2D eigenvalue weighted by atomic mass is 10.4. The second-order valence-corrected chi connectivity index (χ2v) is 5.22. The van der Waals surface area contributed by atoms with Gasteiger partial charge < -0.3 is 4.98 Å². The van der Waals surface area contributed by atoms with Gasteiger partial charge in [0.25, 0.3) is 5.91 Å². The SMILES string of the molecule is O=C(c1[nH]c(Br)c(Br)c1Br)n1cccc1. The van der Waals surface area contributed by atoms with Crippen LogP contribution in [0, 0.1) is 0 Å². The minimum absolute atomic E-state index is 0.113. The van der Waals surface area contributed by atoms with E-state index < -0.39 is 0 Å². The van der Waals surface area contributed by atoms with E-state index in [4.69, 9.17) is 0 Å². The molecule has 2 aromatic heterocycles. The van der Waals surface area contributed by atoms with Crippen LogP contribution in [-0.2, 0) is 0 Å². The minimum atomic E-state index is -0.113. The van der Waals surface area contributed by atoms with Crippen LogP contribution in [0.1, 0.15) is 10.5 Å². The van der Waals surface area contributed by atoms with Crippen LogP contribution in [-0.4, -0.2) is 15.5 Å². The van der Waals surface area contributed by atoms with Gasteiger partial charge in [-0.05, 0) is 59.9 Å². The van der Waals surface area contributed by atoms with Gasteiger partial charge in [0.15, 0.2) is 0 Å². The highest BCUT2D eigenvalue weighted by Gasteiger charge is 2.18. The topological polar surface area (TPSA) is 37.8 Å². The van der Waals surface area contributed by atoms with Gasteiger partial charge in [-0.15, -0.1) is 0 Å². The first-order chi connectivity index (χ1) is 7.11. The molecule has 2 rings (SSSR count). The highest BCUT2D eigenvalue weighted by Crippen LogP contribution is 2.34. The highest BCUT2D eigenvalue weighted by atomic mass is 79.9. The third kappa shape index (κ3) is 1.98. The van der Waals surface area contributed by atoms with E-state index in [1.54, 1.807) is 24.5 Å². The molecule has 0 atom stereocenters. The van der Waals surface area contributed by atoms with Gasteiger partial charge in [-0.1, -0.05) is 0 Å². The lowest BCUT2D eigenvalue weighted by molar-refractivity contribution is 0.0955. The molecular weight excluding hydrogens is 392 g/mol. The maximum atomic E-state index is 12.0. The zero-order valence-corrected chi connectivity index (χ0v) is 12.1. The summed E-state index contributed by atoms with van der Waals surface area (Å²) in [5, 5.41) is 0. The van der Waals surface area contributed by atoms with Crippen LogP contribution in [0.3, 0.4) is 0 Å². The quantitative estimate of drug-likeness (QED) is 0.782. The fourth-order valence-electron chi connectivity index (χ4n) is 1.17. The van der Waals surface area contributed by atoms with Crippen molar-refractivity contribution < 1.29 is 4.79 Å². The molecule has 0 saturated carbocycles. The zero-order valence-electron chi connectivity index (χ0n) is 7.30. The van der Waals surface area contributed by atoms with Crippen LogP contribution in [0.4, 0.5) is 0 Å². The maximum Gasteiger partial charge on any atom is 0.279 e. The number of carbonyl (C=O) groups is 1. The first kappa shape index (κ1) is 11.2. The number of halogens is 3. The maximum absolute atomic E-state index is 12.0. The molecule has 0 fully saturated rings. The lowest BCUT2D eigenvalue weighted by Crippen LogP contribution is -2.10. The molecule has 78 valence electrons. The van der Waals surface area contributed by atoms with Gasteiger partial charge in [-0.3, -0.25) is 9.36 Å². The Labute approximate surface area is 111 Å². The van der Waals surface area contributed by atoms with E-state index in [9.17, 15) is 4.79 Å². The fraction of sp³-hybridized carbons (Fsp3) is 0. The number of aromatic amines is 1. The van der Waals surface area contributed by atoms with Gasteiger partial charge in [0.2, 0.25) is 0 Å². The van der Waals surface area contributed by atoms with Crippen LogP contribution in [0.5, 0.6) is 0 Å². The molecule has 2 aromatic rings. The molecule has 2 heterocycles. The monoisotopic (exact) mass is 394 g/mol. The average molecular weight is 397 g/mol. The number of hydrogen-bond acceptors (Lipinski definition) is 1. The van der Waals surface area contributed by atoms with Gasteiger partial charge in [-0.25, -0.2) is 0 Å². The molecule has 1 N–H and O–H groups in total. The van der Waals surface area contributed by atoms with Crippen molar-refractivity contribution >= 4 is 53.7 Å². The molecule has 0 amide bonds. The summed E-state index contributed by atoms with van der Waals surface area (Å²) in [6.07, 6.45) is 3.41. The van der Waals surface area contributed by atoms with E-state index in [1.165, 1.54) is 4.57 Å². The van der Waals surface area contributed by atoms with Crippen molar-refractivity contribution in [2.24, 2.45) is 0 Å². The largest absolute Gasteiger partial charge is 0.343 e. The second-order valence-electron chi connectivity index (χ2n) is 2.84. The number of nitrogens with zero attached hydrogens (tertiary/aromatic N) is 1. The van der Waals surface area contributed by atoms with Crippen LogP contribution < -0.4 is 0 Å². The van der Waals surface area contributed by atoms with E-state index in [-0.39, 0.29) is 5.91 Å². The smallest absolute Gasteiger partial charge is 0.279 e. The summed E-state index contributed by atoms with van der Waals surface area (Å²) in [5.74, 6) is -0.113. The number of aromatic nitrogens is 2. The second kappa shape index (κ2) is 4.27. The first-order valence-electron chi connectivity index (χ1n) is 4.01. The van der Waals surface area contributed by atoms with Gasteiger partial charge in [0.05, 0.1) is 13.5 Å². The Bertz CT molecular complexity index is 502. The fourth-order valence-corrected chi connectivity index (χ4v) is 2.60.